The SMILES string of the molecule is CCn1nccc1C(O)c1ccccc1Cl. The van der Waals surface area contributed by atoms with Gasteiger partial charge in [-0.3, -0.25) is 4.68 Å². The van der Waals surface area contributed by atoms with Gasteiger partial charge in [0.1, 0.15) is 6.10 Å². The first-order chi connectivity index (χ1) is 7.74. The number of aliphatic hydroxyl groups excluding tert-OH is 1. The third-order valence-electron chi connectivity index (χ3n) is 2.53. The Balaban J connectivity index is 2.39. The Morgan fingerprint density at radius 1 is 1.38 bits per heavy atom. The van der Waals surface area contributed by atoms with Crippen molar-refractivity contribution in [1.29, 1.82) is 0 Å². The van der Waals surface area contributed by atoms with Gasteiger partial charge in [0.05, 0.1) is 5.69 Å². The molecule has 1 aromatic carbocycles. The number of nitrogens with zero attached hydrogens (tertiary/aromatic N) is 2. The molecule has 1 N–H and O–H groups in total. The Bertz CT molecular complexity index is 481. The molecule has 0 aliphatic carbocycles. The molecule has 1 aromatic heterocycles. The highest BCUT2D eigenvalue weighted by atomic mass is 35.5. The number of hydrogen-bond acceptors (Lipinski definition) is 2. The number of hydrogen-bond donors (Lipinski definition) is 1. The van der Waals surface area contributed by atoms with Crippen LogP contribution in [-0.2, 0) is 6.54 Å². The summed E-state index contributed by atoms with van der Waals surface area (Å²) in [5.41, 5.74) is 1.47. The molecule has 0 saturated heterocycles. The minimum absolute atomic E-state index is 0.568. The molecule has 1 unspecified atom stereocenters. The summed E-state index contributed by atoms with van der Waals surface area (Å²) in [5.74, 6) is 0. The van der Waals surface area contributed by atoms with Gasteiger partial charge in [0, 0.05) is 23.3 Å². The van der Waals surface area contributed by atoms with Crippen LogP contribution in [0.1, 0.15) is 24.3 Å². The van der Waals surface area contributed by atoms with Crippen molar-refractivity contribution >= 4 is 11.6 Å². The fourth-order valence-electron chi connectivity index (χ4n) is 1.70. The summed E-state index contributed by atoms with van der Waals surface area (Å²) in [5, 5.41) is 14.9. The number of rotatable bonds is 3. The summed E-state index contributed by atoms with van der Waals surface area (Å²) >= 11 is 6.04. The molecule has 0 bridgehead atoms. The molecule has 0 spiro atoms. The molecule has 0 fully saturated rings. The summed E-state index contributed by atoms with van der Waals surface area (Å²) in [6.45, 7) is 2.71. The smallest absolute Gasteiger partial charge is 0.122 e. The van der Waals surface area contributed by atoms with E-state index >= 15 is 0 Å². The van der Waals surface area contributed by atoms with Crippen molar-refractivity contribution < 1.29 is 5.11 Å². The maximum atomic E-state index is 10.2. The van der Waals surface area contributed by atoms with Crippen LogP contribution >= 0.6 is 11.6 Å². The van der Waals surface area contributed by atoms with Crippen molar-refractivity contribution in [3.8, 4) is 0 Å². The van der Waals surface area contributed by atoms with Crippen LogP contribution in [0.4, 0.5) is 0 Å². The van der Waals surface area contributed by atoms with Crippen LogP contribution in [0, 0.1) is 0 Å². The zero-order valence-electron chi connectivity index (χ0n) is 8.97. The van der Waals surface area contributed by atoms with E-state index in [9.17, 15) is 5.11 Å². The van der Waals surface area contributed by atoms with E-state index in [0.29, 0.717) is 10.6 Å². The highest BCUT2D eigenvalue weighted by Crippen LogP contribution is 2.27. The van der Waals surface area contributed by atoms with Crippen LogP contribution < -0.4 is 0 Å². The third-order valence-corrected chi connectivity index (χ3v) is 2.87. The lowest BCUT2D eigenvalue weighted by Gasteiger charge is -2.13. The summed E-state index contributed by atoms with van der Waals surface area (Å²) in [4.78, 5) is 0. The Morgan fingerprint density at radius 3 is 2.81 bits per heavy atom. The largest absolute Gasteiger partial charge is 0.382 e. The van der Waals surface area contributed by atoms with Gasteiger partial charge in [0.25, 0.3) is 0 Å². The Morgan fingerprint density at radius 2 is 2.12 bits per heavy atom. The molecule has 0 aliphatic rings. The van der Waals surface area contributed by atoms with E-state index in [1.54, 1.807) is 23.0 Å². The Hall–Kier alpha value is -1.32. The summed E-state index contributed by atoms with van der Waals surface area (Å²) < 4.78 is 1.76. The average molecular weight is 237 g/mol. The topological polar surface area (TPSA) is 38.0 Å². The van der Waals surface area contributed by atoms with Crippen molar-refractivity contribution in [1.82, 2.24) is 9.78 Å². The number of aromatic nitrogens is 2. The quantitative estimate of drug-likeness (QED) is 0.890. The predicted molar refractivity (Wildman–Crippen MR) is 63.4 cm³/mol. The van der Waals surface area contributed by atoms with Gasteiger partial charge in [0.15, 0.2) is 0 Å². The molecule has 16 heavy (non-hydrogen) atoms. The lowest BCUT2D eigenvalue weighted by atomic mass is 10.1. The fraction of sp³-hybridized carbons (Fsp3) is 0.250. The first kappa shape index (κ1) is 11.2. The van der Waals surface area contributed by atoms with Crippen molar-refractivity contribution in [3.05, 3.63) is 52.8 Å². The zero-order chi connectivity index (χ0) is 11.5. The lowest BCUT2D eigenvalue weighted by Crippen LogP contribution is -2.09. The first-order valence-electron chi connectivity index (χ1n) is 5.18. The molecular weight excluding hydrogens is 224 g/mol. The van der Waals surface area contributed by atoms with E-state index in [4.69, 9.17) is 11.6 Å². The predicted octanol–water partition coefficient (Wildman–Crippen LogP) is 2.64. The van der Waals surface area contributed by atoms with E-state index in [0.717, 1.165) is 12.2 Å². The van der Waals surface area contributed by atoms with Gasteiger partial charge in [-0.1, -0.05) is 29.8 Å². The van der Waals surface area contributed by atoms with E-state index in [1.165, 1.54) is 0 Å². The molecule has 2 rings (SSSR count). The standard InChI is InChI=1S/C12H13ClN2O/c1-2-15-11(7-8-14-15)12(16)9-5-3-4-6-10(9)13/h3-8,12,16H,2H2,1H3. The van der Waals surface area contributed by atoms with Gasteiger partial charge >= 0.3 is 0 Å². The zero-order valence-corrected chi connectivity index (χ0v) is 9.72. The molecule has 0 amide bonds. The lowest BCUT2D eigenvalue weighted by molar-refractivity contribution is 0.208. The summed E-state index contributed by atoms with van der Waals surface area (Å²) in [6.07, 6.45) is 0.954. The molecule has 1 atom stereocenters. The number of benzene rings is 1. The second-order valence-corrected chi connectivity index (χ2v) is 3.90. The highest BCUT2D eigenvalue weighted by molar-refractivity contribution is 6.31. The van der Waals surface area contributed by atoms with E-state index < -0.39 is 6.10 Å². The number of aliphatic hydroxyl groups is 1. The maximum Gasteiger partial charge on any atom is 0.122 e. The minimum Gasteiger partial charge on any atom is -0.382 e. The van der Waals surface area contributed by atoms with Crippen molar-refractivity contribution in [2.45, 2.75) is 19.6 Å². The van der Waals surface area contributed by atoms with Gasteiger partial charge in [-0.2, -0.15) is 5.10 Å². The van der Waals surface area contributed by atoms with Gasteiger partial charge in [-0.15, -0.1) is 0 Å². The van der Waals surface area contributed by atoms with Crippen LogP contribution in [-0.4, -0.2) is 14.9 Å². The third kappa shape index (κ3) is 1.96. The van der Waals surface area contributed by atoms with Gasteiger partial charge in [-0.05, 0) is 19.1 Å². The monoisotopic (exact) mass is 236 g/mol. The first-order valence-corrected chi connectivity index (χ1v) is 5.56. The highest BCUT2D eigenvalue weighted by Gasteiger charge is 2.16. The van der Waals surface area contributed by atoms with Crippen molar-refractivity contribution in [2.75, 3.05) is 0 Å². The number of halogens is 1. The van der Waals surface area contributed by atoms with Gasteiger partial charge < -0.3 is 5.11 Å². The molecule has 3 nitrogen and oxygen atoms in total. The van der Waals surface area contributed by atoms with Crippen molar-refractivity contribution in [2.24, 2.45) is 0 Å². The fourth-order valence-corrected chi connectivity index (χ4v) is 1.93. The van der Waals surface area contributed by atoms with E-state index in [-0.39, 0.29) is 0 Å². The molecule has 84 valence electrons. The summed E-state index contributed by atoms with van der Waals surface area (Å²) in [7, 11) is 0. The molecule has 2 aromatic rings. The molecule has 0 saturated carbocycles. The normalized spacial score (nSPS) is 12.7. The molecule has 4 heteroatoms. The van der Waals surface area contributed by atoms with E-state index in [2.05, 4.69) is 5.10 Å². The van der Waals surface area contributed by atoms with Crippen LogP contribution in [0.25, 0.3) is 0 Å². The van der Waals surface area contributed by atoms with E-state index in [1.807, 2.05) is 25.1 Å². The Kier molecular flexibility index (Phi) is 3.27. The molecule has 0 aliphatic heterocycles. The number of aryl methyl sites for hydroxylation is 1. The minimum atomic E-state index is -0.726. The van der Waals surface area contributed by atoms with Crippen molar-refractivity contribution in [3.63, 3.8) is 0 Å². The second kappa shape index (κ2) is 4.68. The molecule has 1 heterocycles. The molecular formula is C12H13ClN2O. The van der Waals surface area contributed by atoms with Gasteiger partial charge in [0.2, 0.25) is 0 Å². The second-order valence-electron chi connectivity index (χ2n) is 3.50. The summed E-state index contributed by atoms with van der Waals surface area (Å²) in [6, 6.07) is 9.09. The van der Waals surface area contributed by atoms with Crippen LogP contribution in [0.3, 0.4) is 0 Å². The average Bonchev–Trinajstić information content (AvgIpc) is 2.77. The van der Waals surface area contributed by atoms with Crippen LogP contribution in [0.2, 0.25) is 5.02 Å². The Labute approximate surface area is 99.3 Å². The van der Waals surface area contributed by atoms with Gasteiger partial charge in [-0.25, -0.2) is 0 Å². The maximum absolute atomic E-state index is 10.2. The molecule has 0 radical (unpaired) electrons. The van der Waals surface area contributed by atoms with Crippen LogP contribution in [0.5, 0.6) is 0 Å². The van der Waals surface area contributed by atoms with Crippen LogP contribution in [0.15, 0.2) is 36.5 Å².